The van der Waals surface area contributed by atoms with Crippen LogP contribution in [0.4, 0.5) is 0 Å². The van der Waals surface area contributed by atoms with Crippen molar-refractivity contribution in [2.24, 2.45) is 0 Å². The van der Waals surface area contributed by atoms with Gasteiger partial charge in [0.25, 0.3) is 0 Å². The van der Waals surface area contributed by atoms with Crippen LogP contribution in [0.15, 0.2) is 72.8 Å². The molecule has 4 aromatic rings. The van der Waals surface area contributed by atoms with Crippen LogP contribution in [0.5, 0.6) is 0 Å². The average molecular weight is 406 g/mol. The molecule has 0 fully saturated rings. The van der Waals surface area contributed by atoms with E-state index in [1.54, 1.807) is 12.1 Å². The van der Waals surface area contributed by atoms with Gasteiger partial charge in [-0.3, -0.25) is 0 Å². The number of hydrogen-bond donors (Lipinski definition) is 2. The Bertz CT molecular complexity index is 1310. The molecule has 4 heteroatoms. The van der Waals surface area contributed by atoms with Crippen LogP contribution in [0.3, 0.4) is 0 Å². The van der Waals surface area contributed by atoms with Crippen LogP contribution in [0.25, 0.3) is 34.1 Å². The van der Waals surface area contributed by atoms with Gasteiger partial charge >= 0.3 is 11.9 Å². The number of aromatic carboxylic acids is 2. The Balaban J connectivity index is 0.000000138. The molecule has 0 aliphatic heterocycles. The molecule has 4 aromatic carbocycles. The Morgan fingerprint density at radius 3 is 1.48 bits per heavy atom. The molecule has 0 radical (unpaired) electrons. The minimum absolute atomic E-state index is 0.0247. The van der Waals surface area contributed by atoms with Crippen molar-refractivity contribution in [2.45, 2.75) is 6.42 Å². The van der Waals surface area contributed by atoms with Crippen molar-refractivity contribution in [3.05, 3.63) is 106 Å². The zero-order valence-corrected chi connectivity index (χ0v) is 16.5. The molecule has 0 amide bonds. The summed E-state index contributed by atoms with van der Waals surface area (Å²) in [5.41, 5.74) is 7.51. The molecule has 0 unspecified atom stereocenters. The van der Waals surface area contributed by atoms with E-state index in [0.717, 1.165) is 17.5 Å². The summed E-state index contributed by atoms with van der Waals surface area (Å²) in [5, 5.41) is 19.4. The zero-order chi connectivity index (χ0) is 21.5. The minimum atomic E-state index is -1.12. The van der Waals surface area contributed by atoms with E-state index in [0.29, 0.717) is 10.8 Å². The van der Waals surface area contributed by atoms with Gasteiger partial charge in [-0.2, -0.15) is 0 Å². The molecule has 0 bridgehead atoms. The molecule has 0 spiro atoms. The number of hydrogen-bond acceptors (Lipinski definition) is 2. The number of carboxylic acid groups (broad SMARTS) is 2. The highest BCUT2D eigenvalue weighted by Crippen LogP contribution is 2.36. The van der Waals surface area contributed by atoms with E-state index in [1.807, 2.05) is 12.2 Å². The first-order valence-electron chi connectivity index (χ1n) is 9.95. The normalized spacial score (nSPS) is 12.1. The Kier molecular flexibility index (Phi) is 4.41. The average Bonchev–Trinajstić information content (AvgIpc) is 3.36. The summed E-state index contributed by atoms with van der Waals surface area (Å²) in [6.45, 7) is 0. The summed E-state index contributed by atoms with van der Waals surface area (Å²) in [6, 6.07) is 23.6. The third kappa shape index (κ3) is 3.09. The minimum Gasteiger partial charge on any atom is -0.478 e. The summed E-state index contributed by atoms with van der Waals surface area (Å²) >= 11 is 0. The van der Waals surface area contributed by atoms with Crippen LogP contribution in [-0.2, 0) is 6.42 Å². The van der Waals surface area contributed by atoms with Gasteiger partial charge in [0.05, 0.1) is 11.1 Å². The van der Waals surface area contributed by atoms with Crippen molar-refractivity contribution in [2.75, 3.05) is 0 Å². The third-order valence-electron chi connectivity index (χ3n) is 5.83. The Morgan fingerprint density at radius 1 is 0.581 bits per heavy atom. The van der Waals surface area contributed by atoms with Crippen molar-refractivity contribution < 1.29 is 19.8 Å². The number of rotatable bonds is 2. The van der Waals surface area contributed by atoms with Crippen LogP contribution in [0.2, 0.25) is 0 Å². The number of benzene rings is 4. The fraction of sp³-hybridized carbons (Fsp3) is 0.0370. The Labute approximate surface area is 178 Å². The first-order valence-corrected chi connectivity index (χ1v) is 9.95. The van der Waals surface area contributed by atoms with Gasteiger partial charge in [0.15, 0.2) is 0 Å². The molecule has 4 nitrogen and oxygen atoms in total. The first-order chi connectivity index (χ1) is 15.0. The maximum Gasteiger partial charge on any atom is 0.336 e. The van der Waals surface area contributed by atoms with Crippen LogP contribution in [0.1, 0.15) is 43.0 Å². The standard InChI is InChI=1S/C14H8O4.C13H10/c15-13(16)9-5-3-7-1-2-8-4-6-10(14(17)18)12(9)11(7)8;1-3-7-12-10(5-1)9-11-6-2-4-8-13(11)12/h1-6H,(H,15,16)(H,17,18);1-8H,9H2. The SMILES string of the molecule is O=C(O)c1ccc2c3c(ccc(C(=O)O)c13)C=C2.c1ccc2c(c1)Cc1ccccc1-2. The number of fused-ring (bicyclic) bond motifs is 3. The van der Waals surface area contributed by atoms with E-state index in [1.165, 1.54) is 34.4 Å². The molecule has 2 aliphatic rings. The second kappa shape index (κ2) is 7.26. The van der Waals surface area contributed by atoms with Crippen molar-refractivity contribution in [1.82, 2.24) is 0 Å². The first kappa shape index (κ1) is 18.8. The van der Waals surface area contributed by atoms with Crippen molar-refractivity contribution in [3.63, 3.8) is 0 Å². The lowest BCUT2D eigenvalue weighted by molar-refractivity contribution is 0.0695. The largest absolute Gasteiger partial charge is 0.478 e. The summed E-state index contributed by atoms with van der Waals surface area (Å²) in [7, 11) is 0. The fourth-order valence-electron chi connectivity index (χ4n) is 4.44. The van der Waals surface area contributed by atoms with Gasteiger partial charge < -0.3 is 10.2 Å². The molecular weight excluding hydrogens is 388 g/mol. The highest BCUT2D eigenvalue weighted by atomic mass is 16.4. The Morgan fingerprint density at radius 2 is 1.03 bits per heavy atom. The highest BCUT2D eigenvalue weighted by Gasteiger charge is 2.21. The molecule has 31 heavy (non-hydrogen) atoms. The van der Waals surface area contributed by atoms with E-state index in [9.17, 15) is 19.8 Å². The van der Waals surface area contributed by atoms with Crippen LogP contribution >= 0.6 is 0 Å². The van der Waals surface area contributed by atoms with Crippen LogP contribution in [-0.4, -0.2) is 22.2 Å². The lowest BCUT2D eigenvalue weighted by atomic mass is 9.95. The van der Waals surface area contributed by atoms with E-state index >= 15 is 0 Å². The van der Waals surface area contributed by atoms with Gasteiger partial charge in [-0.05, 0) is 57.3 Å². The van der Waals surface area contributed by atoms with E-state index in [-0.39, 0.29) is 11.1 Å². The molecule has 2 aliphatic carbocycles. The summed E-state index contributed by atoms with van der Waals surface area (Å²) in [6.07, 6.45) is 4.82. The maximum atomic E-state index is 11.2. The smallest absolute Gasteiger partial charge is 0.336 e. The molecular formula is C27H18O4. The van der Waals surface area contributed by atoms with Crippen LogP contribution < -0.4 is 0 Å². The van der Waals surface area contributed by atoms with Gasteiger partial charge in [0, 0.05) is 5.39 Å². The van der Waals surface area contributed by atoms with E-state index in [2.05, 4.69) is 48.5 Å². The predicted molar refractivity (Wildman–Crippen MR) is 121 cm³/mol. The molecule has 150 valence electrons. The second-order valence-electron chi connectivity index (χ2n) is 7.59. The lowest BCUT2D eigenvalue weighted by Gasteiger charge is -2.09. The van der Waals surface area contributed by atoms with E-state index < -0.39 is 11.9 Å². The fourth-order valence-corrected chi connectivity index (χ4v) is 4.44. The monoisotopic (exact) mass is 406 g/mol. The van der Waals surface area contributed by atoms with Crippen molar-refractivity contribution in [1.29, 1.82) is 0 Å². The summed E-state index contributed by atoms with van der Waals surface area (Å²) < 4.78 is 0. The second-order valence-corrected chi connectivity index (χ2v) is 7.59. The van der Waals surface area contributed by atoms with Crippen LogP contribution in [0, 0.1) is 0 Å². The number of carbonyl (C=O) groups is 2. The molecule has 0 heterocycles. The third-order valence-corrected chi connectivity index (χ3v) is 5.83. The zero-order valence-electron chi connectivity index (χ0n) is 16.5. The lowest BCUT2D eigenvalue weighted by Crippen LogP contribution is -2.04. The summed E-state index contributed by atoms with van der Waals surface area (Å²) in [4.78, 5) is 22.4. The van der Waals surface area contributed by atoms with Gasteiger partial charge in [-0.1, -0.05) is 72.8 Å². The van der Waals surface area contributed by atoms with Gasteiger partial charge in [-0.25, -0.2) is 9.59 Å². The molecule has 6 rings (SSSR count). The topological polar surface area (TPSA) is 74.6 Å². The quantitative estimate of drug-likeness (QED) is 0.371. The van der Waals surface area contributed by atoms with Gasteiger partial charge in [0.1, 0.15) is 0 Å². The molecule has 2 N–H and O–H groups in total. The molecule has 0 saturated heterocycles. The van der Waals surface area contributed by atoms with Crippen molar-refractivity contribution >= 4 is 34.9 Å². The molecule has 0 aromatic heterocycles. The Hall–Kier alpha value is -4.18. The number of carboxylic acids is 2. The van der Waals surface area contributed by atoms with Gasteiger partial charge in [-0.15, -0.1) is 0 Å². The van der Waals surface area contributed by atoms with E-state index in [4.69, 9.17) is 0 Å². The highest BCUT2D eigenvalue weighted by molar-refractivity contribution is 6.18. The van der Waals surface area contributed by atoms with Crippen molar-refractivity contribution in [3.8, 4) is 11.1 Å². The predicted octanol–water partition coefficient (Wildman–Crippen LogP) is 5.98. The summed E-state index contributed by atoms with van der Waals surface area (Å²) in [5.74, 6) is -2.23. The molecule has 0 atom stereocenters. The molecule has 0 saturated carbocycles. The van der Waals surface area contributed by atoms with Gasteiger partial charge in [0.2, 0.25) is 0 Å². The maximum absolute atomic E-state index is 11.2.